The van der Waals surface area contributed by atoms with E-state index in [1.54, 1.807) is 23.4 Å². The van der Waals surface area contributed by atoms with Gasteiger partial charge in [-0.2, -0.15) is 0 Å². The third-order valence-electron chi connectivity index (χ3n) is 4.19. The molecule has 3 rings (SSSR count). The number of nitrogens with zero attached hydrogens (tertiary/aromatic N) is 2. The molecule has 1 aromatic heterocycles. The lowest BCUT2D eigenvalue weighted by Crippen LogP contribution is -2.30. The fourth-order valence-electron chi connectivity index (χ4n) is 2.73. The van der Waals surface area contributed by atoms with E-state index >= 15 is 0 Å². The number of carbonyl (C=O) groups excluding carboxylic acids is 1. The number of aromatic hydroxyl groups is 2. The zero-order chi connectivity index (χ0) is 19.4. The summed E-state index contributed by atoms with van der Waals surface area (Å²) in [6.07, 6.45) is 3.36. The van der Waals surface area contributed by atoms with Crippen LogP contribution in [-0.2, 0) is 6.54 Å². The molecular formula is C22H20N2O3. The molecule has 5 nitrogen and oxygen atoms in total. The molecule has 0 atom stereocenters. The average Bonchev–Trinajstić information content (AvgIpc) is 2.66. The third-order valence-corrected chi connectivity index (χ3v) is 4.19. The number of benzene rings is 2. The smallest absolute Gasteiger partial charge is 0.262 e. The molecule has 1 heterocycles. The van der Waals surface area contributed by atoms with E-state index in [0.717, 1.165) is 22.8 Å². The summed E-state index contributed by atoms with van der Waals surface area (Å²) in [6, 6.07) is 15.1. The predicted octanol–water partition coefficient (Wildman–Crippen LogP) is 4.37. The lowest BCUT2D eigenvalue weighted by atomic mass is 10.1. The van der Waals surface area contributed by atoms with E-state index in [1.165, 1.54) is 12.1 Å². The second kappa shape index (κ2) is 7.74. The summed E-state index contributed by atoms with van der Waals surface area (Å²) in [5.74, 6) is -0.747. The van der Waals surface area contributed by atoms with Crippen molar-refractivity contribution in [3.8, 4) is 11.5 Å². The second-order valence-corrected chi connectivity index (χ2v) is 6.28. The fraction of sp³-hybridized carbons (Fsp3) is 0.0909. The first-order valence-corrected chi connectivity index (χ1v) is 8.44. The summed E-state index contributed by atoms with van der Waals surface area (Å²) in [4.78, 5) is 18.8. The van der Waals surface area contributed by atoms with Crippen molar-refractivity contribution in [2.24, 2.45) is 0 Å². The third kappa shape index (κ3) is 4.15. The van der Waals surface area contributed by atoms with Crippen LogP contribution < -0.4 is 4.90 Å². The Morgan fingerprint density at radius 2 is 1.85 bits per heavy atom. The van der Waals surface area contributed by atoms with Gasteiger partial charge in [0.15, 0.2) is 0 Å². The monoisotopic (exact) mass is 360 g/mol. The number of hydrogen-bond acceptors (Lipinski definition) is 4. The minimum atomic E-state index is -0.376. The molecule has 0 unspecified atom stereocenters. The first kappa shape index (κ1) is 18.2. The molecule has 0 saturated carbocycles. The lowest BCUT2D eigenvalue weighted by molar-refractivity contribution is 0.0982. The summed E-state index contributed by atoms with van der Waals surface area (Å²) in [6.45, 7) is 6.13. The van der Waals surface area contributed by atoms with Gasteiger partial charge < -0.3 is 15.1 Å². The minimum Gasteiger partial charge on any atom is -0.508 e. The molecule has 1 amide bonds. The van der Waals surface area contributed by atoms with Crippen LogP contribution in [-0.4, -0.2) is 21.1 Å². The van der Waals surface area contributed by atoms with E-state index in [4.69, 9.17) is 0 Å². The molecule has 0 aliphatic carbocycles. The number of anilines is 1. The maximum absolute atomic E-state index is 13.1. The number of phenols is 2. The van der Waals surface area contributed by atoms with Crippen LogP contribution in [0.25, 0.3) is 5.57 Å². The van der Waals surface area contributed by atoms with Crippen LogP contribution in [0.3, 0.4) is 0 Å². The molecule has 0 fully saturated rings. The lowest BCUT2D eigenvalue weighted by Gasteiger charge is -2.24. The molecule has 5 heteroatoms. The minimum absolute atomic E-state index is 0.103. The van der Waals surface area contributed by atoms with E-state index in [9.17, 15) is 15.0 Å². The number of pyridine rings is 1. The highest BCUT2D eigenvalue weighted by molar-refractivity contribution is 6.07. The van der Waals surface area contributed by atoms with Crippen LogP contribution in [0.2, 0.25) is 0 Å². The predicted molar refractivity (Wildman–Crippen MR) is 106 cm³/mol. The number of aromatic nitrogens is 1. The molecule has 0 saturated heterocycles. The Morgan fingerprint density at radius 3 is 2.44 bits per heavy atom. The Kier molecular flexibility index (Phi) is 5.22. The van der Waals surface area contributed by atoms with Gasteiger partial charge in [0.2, 0.25) is 0 Å². The van der Waals surface area contributed by atoms with Crippen molar-refractivity contribution in [2.75, 3.05) is 4.90 Å². The van der Waals surface area contributed by atoms with E-state index in [0.29, 0.717) is 12.2 Å². The summed E-state index contributed by atoms with van der Waals surface area (Å²) >= 11 is 0. The zero-order valence-electron chi connectivity index (χ0n) is 15.0. The summed E-state index contributed by atoms with van der Waals surface area (Å²) in [7, 11) is 0. The molecule has 0 spiro atoms. The van der Waals surface area contributed by atoms with E-state index in [-0.39, 0.29) is 23.0 Å². The van der Waals surface area contributed by atoms with Crippen molar-refractivity contribution in [2.45, 2.75) is 13.5 Å². The second-order valence-electron chi connectivity index (χ2n) is 6.28. The van der Waals surface area contributed by atoms with Crippen molar-refractivity contribution >= 4 is 17.2 Å². The molecule has 0 aliphatic rings. The molecule has 0 bridgehead atoms. The standard InChI is InChI=1S/C22H20N2O3/c1-15(2)17-5-7-18(8-6-17)24(14-16-4-3-11-23-13-16)22(27)20-10-9-19(25)12-21(20)26/h3-13,25-26H,1,14H2,2H3. The van der Waals surface area contributed by atoms with Gasteiger partial charge in [-0.3, -0.25) is 9.78 Å². The van der Waals surface area contributed by atoms with Crippen LogP contribution in [0.1, 0.15) is 28.4 Å². The SMILES string of the molecule is C=C(C)c1ccc(N(Cc2cccnc2)C(=O)c2ccc(O)cc2O)cc1. The molecule has 136 valence electrons. The normalized spacial score (nSPS) is 10.4. The molecule has 2 N–H and O–H groups in total. The molecular weight excluding hydrogens is 340 g/mol. The summed E-state index contributed by atoms with van der Waals surface area (Å²) < 4.78 is 0. The Balaban J connectivity index is 2.01. The van der Waals surface area contributed by atoms with Gasteiger partial charge in [-0.1, -0.05) is 30.4 Å². The number of carbonyl (C=O) groups is 1. The van der Waals surface area contributed by atoms with Gasteiger partial charge >= 0.3 is 0 Å². The molecule has 0 aliphatic heterocycles. The van der Waals surface area contributed by atoms with Crippen LogP contribution >= 0.6 is 0 Å². The number of hydrogen-bond donors (Lipinski definition) is 2. The van der Waals surface area contributed by atoms with Crippen molar-refractivity contribution < 1.29 is 15.0 Å². The van der Waals surface area contributed by atoms with Crippen LogP contribution in [0.15, 0.2) is 73.6 Å². The first-order chi connectivity index (χ1) is 13.0. The van der Waals surface area contributed by atoms with Gasteiger partial charge in [-0.25, -0.2) is 0 Å². The number of phenolic OH excluding ortho intramolecular Hbond substituents is 2. The van der Waals surface area contributed by atoms with Gasteiger partial charge in [0.25, 0.3) is 5.91 Å². The Bertz CT molecular complexity index is 967. The Morgan fingerprint density at radius 1 is 1.11 bits per heavy atom. The fourth-order valence-corrected chi connectivity index (χ4v) is 2.73. The summed E-state index contributed by atoms with van der Waals surface area (Å²) in [5.41, 5.74) is 3.57. The highest BCUT2D eigenvalue weighted by Crippen LogP contribution is 2.28. The quantitative estimate of drug-likeness (QED) is 0.708. The highest BCUT2D eigenvalue weighted by Gasteiger charge is 2.21. The Hall–Kier alpha value is -3.60. The molecule has 3 aromatic rings. The maximum atomic E-state index is 13.1. The maximum Gasteiger partial charge on any atom is 0.262 e. The number of amides is 1. The van der Waals surface area contributed by atoms with Crippen LogP contribution in [0.4, 0.5) is 5.69 Å². The van der Waals surface area contributed by atoms with Gasteiger partial charge in [0.1, 0.15) is 11.5 Å². The molecule has 0 radical (unpaired) electrons. The van der Waals surface area contributed by atoms with E-state index in [1.807, 2.05) is 37.3 Å². The average molecular weight is 360 g/mol. The van der Waals surface area contributed by atoms with Crippen LogP contribution in [0.5, 0.6) is 11.5 Å². The van der Waals surface area contributed by atoms with Crippen molar-refractivity contribution in [1.29, 1.82) is 0 Å². The van der Waals surface area contributed by atoms with Gasteiger partial charge in [-0.15, -0.1) is 0 Å². The number of allylic oxidation sites excluding steroid dienone is 1. The largest absolute Gasteiger partial charge is 0.508 e. The number of rotatable bonds is 5. The van der Waals surface area contributed by atoms with E-state index < -0.39 is 0 Å². The van der Waals surface area contributed by atoms with E-state index in [2.05, 4.69) is 11.6 Å². The van der Waals surface area contributed by atoms with Gasteiger partial charge in [0.05, 0.1) is 12.1 Å². The van der Waals surface area contributed by atoms with Crippen molar-refractivity contribution in [3.63, 3.8) is 0 Å². The molecule has 27 heavy (non-hydrogen) atoms. The van der Waals surface area contributed by atoms with Crippen molar-refractivity contribution in [1.82, 2.24) is 4.98 Å². The van der Waals surface area contributed by atoms with Crippen molar-refractivity contribution in [3.05, 3.63) is 90.3 Å². The zero-order valence-corrected chi connectivity index (χ0v) is 15.0. The van der Waals surface area contributed by atoms with Crippen LogP contribution in [0, 0.1) is 0 Å². The van der Waals surface area contributed by atoms with Gasteiger partial charge in [-0.05, 0) is 48.4 Å². The van der Waals surface area contributed by atoms with Gasteiger partial charge in [0, 0.05) is 24.1 Å². The topological polar surface area (TPSA) is 73.7 Å². The summed E-state index contributed by atoms with van der Waals surface area (Å²) in [5, 5.41) is 19.6. The highest BCUT2D eigenvalue weighted by atomic mass is 16.3. The Labute approximate surface area is 157 Å². The molecule has 2 aromatic carbocycles. The first-order valence-electron chi connectivity index (χ1n) is 8.44.